The van der Waals surface area contributed by atoms with Gasteiger partial charge < -0.3 is 4.74 Å². The van der Waals surface area contributed by atoms with Gasteiger partial charge in [-0.3, -0.25) is 4.79 Å². The number of nitriles is 1. The first kappa shape index (κ1) is 11.6. The molecule has 1 rings (SSSR count). The van der Waals surface area contributed by atoms with Crippen LogP contribution in [0, 0.1) is 11.3 Å². The highest BCUT2D eigenvalue weighted by molar-refractivity contribution is 8.00. The molecule has 0 aliphatic heterocycles. The predicted molar refractivity (Wildman–Crippen MR) is 59.2 cm³/mol. The highest BCUT2D eigenvalue weighted by Gasteiger charge is 2.02. The Morgan fingerprint density at radius 2 is 2.13 bits per heavy atom. The van der Waals surface area contributed by atoms with E-state index in [1.54, 1.807) is 0 Å². The van der Waals surface area contributed by atoms with Crippen molar-refractivity contribution in [2.45, 2.75) is 6.61 Å². The molecule has 0 aliphatic rings. The van der Waals surface area contributed by atoms with E-state index >= 15 is 0 Å². The number of hydrogen-bond donors (Lipinski definition) is 0. The number of benzene rings is 1. The third kappa shape index (κ3) is 5.08. The molecule has 15 heavy (non-hydrogen) atoms. The zero-order valence-electron chi connectivity index (χ0n) is 8.18. The standard InChI is InChI=1S/C11H11NO2S/c12-6-7-15-9-11(13)14-8-10-4-2-1-3-5-10/h1-5H,7-9H2. The molecular weight excluding hydrogens is 210 g/mol. The Kier molecular flexibility index (Phi) is 5.34. The van der Waals surface area contributed by atoms with Gasteiger partial charge in [0.05, 0.1) is 17.6 Å². The van der Waals surface area contributed by atoms with Crippen molar-refractivity contribution < 1.29 is 9.53 Å². The van der Waals surface area contributed by atoms with Crippen LogP contribution < -0.4 is 0 Å². The molecule has 0 aromatic heterocycles. The van der Waals surface area contributed by atoms with E-state index in [4.69, 9.17) is 10.00 Å². The van der Waals surface area contributed by atoms with E-state index in [2.05, 4.69) is 0 Å². The summed E-state index contributed by atoms with van der Waals surface area (Å²) < 4.78 is 5.01. The Hall–Kier alpha value is -1.47. The third-order valence-corrected chi connectivity index (χ3v) is 2.40. The maximum atomic E-state index is 11.1. The summed E-state index contributed by atoms with van der Waals surface area (Å²) in [4.78, 5) is 11.1. The minimum atomic E-state index is -0.279. The highest BCUT2D eigenvalue weighted by Crippen LogP contribution is 2.03. The van der Waals surface area contributed by atoms with E-state index in [1.165, 1.54) is 11.8 Å². The summed E-state index contributed by atoms with van der Waals surface area (Å²) in [7, 11) is 0. The van der Waals surface area contributed by atoms with Crippen molar-refractivity contribution in [1.29, 1.82) is 5.26 Å². The van der Waals surface area contributed by atoms with Crippen LogP contribution in [0.2, 0.25) is 0 Å². The largest absolute Gasteiger partial charge is 0.460 e. The second-order valence-electron chi connectivity index (χ2n) is 2.80. The number of rotatable bonds is 5. The Morgan fingerprint density at radius 3 is 2.80 bits per heavy atom. The van der Waals surface area contributed by atoms with Crippen molar-refractivity contribution >= 4 is 17.7 Å². The molecule has 1 aromatic carbocycles. The van der Waals surface area contributed by atoms with E-state index in [0.29, 0.717) is 12.4 Å². The van der Waals surface area contributed by atoms with E-state index in [9.17, 15) is 4.79 Å². The summed E-state index contributed by atoms with van der Waals surface area (Å²) in [6.07, 6.45) is 0. The van der Waals surface area contributed by atoms with Gasteiger partial charge >= 0.3 is 5.97 Å². The van der Waals surface area contributed by atoms with Crippen molar-refractivity contribution in [2.24, 2.45) is 0 Å². The quantitative estimate of drug-likeness (QED) is 0.563. The van der Waals surface area contributed by atoms with Crippen molar-refractivity contribution in [3.05, 3.63) is 35.9 Å². The van der Waals surface area contributed by atoms with Gasteiger partial charge in [-0.2, -0.15) is 5.26 Å². The topological polar surface area (TPSA) is 50.1 Å². The molecule has 0 aliphatic carbocycles. The molecule has 0 fully saturated rings. The SMILES string of the molecule is N#CCSCC(=O)OCc1ccccc1. The highest BCUT2D eigenvalue weighted by atomic mass is 32.2. The van der Waals surface area contributed by atoms with Crippen LogP contribution in [0.25, 0.3) is 0 Å². The molecule has 0 radical (unpaired) electrons. The fourth-order valence-electron chi connectivity index (χ4n) is 0.960. The van der Waals surface area contributed by atoms with Gasteiger partial charge in [0.15, 0.2) is 0 Å². The van der Waals surface area contributed by atoms with Crippen molar-refractivity contribution in [2.75, 3.05) is 11.5 Å². The zero-order valence-corrected chi connectivity index (χ0v) is 9.00. The molecular formula is C11H11NO2S. The van der Waals surface area contributed by atoms with E-state index in [0.717, 1.165) is 5.56 Å². The summed E-state index contributed by atoms with van der Waals surface area (Å²) in [5.74, 6) is 0.278. The van der Waals surface area contributed by atoms with Crippen molar-refractivity contribution in [3.8, 4) is 6.07 Å². The predicted octanol–water partition coefficient (Wildman–Crippen LogP) is 1.99. The Balaban J connectivity index is 2.20. The Labute approximate surface area is 93.0 Å². The van der Waals surface area contributed by atoms with Gasteiger partial charge in [0.1, 0.15) is 6.61 Å². The molecule has 0 N–H and O–H groups in total. The lowest BCUT2D eigenvalue weighted by atomic mass is 10.2. The molecule has 0 amide bonds. The van der Waals surface area contributed by atoms with Crippen LogP contribution in [-0.2, 0) is 16.1 Å². The number of carbonyl (C=O) groups excluding carboxylic acids is 1. The molecule has 0 spiro atoms. The number of carbonyl (C=O) groups is 1. The molecule has 0 saturated heterocycles. The lowest BCUT2D eigenvalue weighted by Gasteiger charge is -2.03. The lowest BCUT2D eigenvalue weighted by Crippen LogP contribution is -2.07. The van der Waals surface area contributed by atoms with Gasteiger partial charge in [-0.15, -0.1) is 11.8 Å². The van der Waals surface area contributed by atoms with Crippen LogP contribution >= 0.6 is 11.8 Å². The second kappa shape index (κ2) is 6.91. The Bertz CT molecular complexity index is 345. The number of ether oxygens (including phenoxy) is 1. The minimum Gasteiger partial charge on any atom is -0.460 e. The summed E-state index contributed by atoms with van der Waals surface area (Å²) in [6, 6.07) is 11.5. The average molecular weight is 221 g/mol. The first-order valence-electron chi connectivity index (χ1n) is 4.47. The van der Waals surface area contributed by atoms with Crippen LogP contribution in [0.5, 0.6) is 0 Å². The fourth-order valence-corrected chi connectivity index (χ4v) is 1.40. The monoisotopic (exact) mass is 221 g/mol. The van der Waals surface area contributed by atoms with E-state index in [1.807, 2.05) is 36.4 Å². The van der Waals surface area contributed by atoms with Crippen molar-refractivity contribution in [3.63, 3.8) is 0 Å². The average Bonchev–Trinajstić information content (AvgIpc) is 2.28. The molecule has 1 aromatic rings. The van der Waals surface area contributed by atoms with Crippen LogP contribution in [0.4, 0.5) is 0 Å². The molecule has 0 heterocycles. The smallest absolute Gasteiger partial charge is 0.316 e. The fraction of sp³-hybridized carbons (Fsp3) is 0.273. The maximum absolute atomic E-state index is 11.1. The molecule has 78 valence electrons. The first-order valence-corrected chi connectivity index (χ1v) is 5.62. The van der Waals surface area contributed by atoms with E-state index < -0.39 is 0 Å². The van der Waals surface area contributed by atoms with Gasteiger partial charge in [0.25, 0.3) is 0 Å². The second-order valence-corrected chi connectivity index (χ2v) is 3.78. The summed E-state index contributed by atoms with van der Waals surface area (Å²) in [5.41, 5.74) is 0.969. The number of thioether (sulfide) groups is 1. The zero-order chi connectivity index (χ0) is 10.9. The third-order valence-electron chi connectivity index (χ3n) is 1.63. The van der Waals surface area contributed by atoms with Crippen LogP contribution in [-0.4, -0.2) is 17.5 Å². The van der Waals surface area contributed by atoms with Gasteiger partial charge in [-0.25, -0.2) is 0 Å². The Morgan fingerprint density at radius 1 is 1.40 bits per heavy atom. The van der Waals surface area contributed by atoms with Gasteiger partial charge in [-0.1, -0.05) is 30.3 Å². The molecule has 3 nitrogen and oxygen atoms in total. The summed E-state index contributed by atoms with van der Waals surface area (Å²) >= 11 is 1.26. The molecule has 0 saturated carbocycles. The maximum Gasteiger partial charge on any atom is 0.316 e. The lowest BCUT2D eigenvalue weighted by molar-refractivity contribution is -0.141. The van der Waals surface area contributed by atoms with Crippen LogP contribution in [0.1, 0.15) is 5.56 Å². The molecule has 0 bridgehead atoms. The first-order chi connectivity index (χ1) is 7.33. The van der Waals surface area contributed by atoms with Crippen molar-refractivity contribution in [1.82, 2.24) is 0 Å². The van der Waals surface area contributed by atoms with E-state index in [-0.39, 0.29) is 11.7 Å². The minimum absolute atomic E-state index is 0.237. The molecule has 4 heteroatoms. The number of nitrogens with zero attached hydrogens (tertiary/aromatic N) is 1. The normalized spacial score (nSPS) is 9.27. The van der Waals surface area contributed by atoms with Gasteiger partial charge in [-0.05, 0) is 5.56 Å². The molecule has 0 atom stereocenters. The van der Waals surface area contributed by atoms with Gasteiger partial charge in [0.2, 0.25) is 0 Å². The summed E-state index contributed by atoms with van der Waals surface area (Å²) in [5, 5.41) is 8.26. The molecule has 0 unspecified atom stereocenters. The van der Waals surface area contributed by atoms with Crippen LogP contribution in [0.3, 0.4) is 0 Å². The number of esters is 1. The summed E-state index contributed by atoms with van der Waals surface area (Å²) in [6.45, 7) is 0.298. The van der Waals surface area contributed by atoms with Crippen LogP contribution in [0.15, 0.2) is 30.3 Å². The van der Waals surface area contributed by atoms with Gasteiger partial charge in [0, 0.05) is 0 Å². The number of hydrogen-bond acceptors (Lipinski definition) is 4.